The van der Waals surface area contributed by atoms with Gasteiger partial charge in [0.05, 0.1) is 18.9 Å². The molecule has 3 rings (SSSR count). The number of phenols is 1. The lowest BCUT2D eigenvalue weighted by Gasteiger charge is -2.09. The van der Waals surface area contributed by atoms with Crippen LogP contribution in [-0.2, 0) is 11.2 Å². The smallest absolute Gasteiger partial charge is 0.293 e. The van der Waals surface area contributed by atoms with Gasteiger partial charge in [0.2, 0.25) is 0 Å². The van der Waals surface area contributed by atoms with E-state index in [1.807, 2.05) is 0 Å². The van der Waals surface area contributed by atoms with Gasteiger partial charge < -0.3 is 19.4 Å². The quantitative estimate of drug-likeness (QED) is 0.721. The van der Waals surface area contributed by atoms with E-state index in [4.69, 9.17) is 9.15 Å². The molecular formula is C17H14O6. The predicted octanol–water partition coefficient (Wildman–Crippen LogP) is 2.50. The van der Waals surface area contributed by atoms with Gasteiger partial charge in [-0.25, -0.2) is 0 Å². The summed E-state index contributed by atoms with van der Waals surface area (Å²) in [7, 11) is 1.44. The first-order valence-corrected chi connectivity index (χ1v) is 6.89. The SMILES string of the molecule is COc1cc(=O)c2c(O)c3c(O)oc(CC(C)=O)cc3cc2c1. The molecular weight excluding hydrogens is 300 g/mol. The first-order chi connectivity index (χ1) is 10.9. The summed E-state index contributed by atoms with van der Waals surface area (Å²) in [5, 5.41) is 21.5. The van der Waals surface area contributed by atoms with Gasteiger partial charge in [-0.3, -0.25) is 9.59 Å². The summed E-state index contributed by atoms with van der Waals surface area (Å²) in [4.78, 5) is 23.4. The molecule has 23 heavy (non-hydrogen) atoms. The molecule has 6 nitrogen and oxygen atoms in total. The molecule has 0 aliphatic heterocycles. The summed E-state index contributed by atoms with van der Waals surface area (Å²) < 4.78 is 10.2. The van der Waals surface area contributed by atoms with Crippen LogP contribution >= 0.6 is 0 Å². The Balaban J connectivity index is 2.41. The van der Waals surface area contributed by atoms with Gasteiger partial charge in [0.25, 0.3) is 5.95 Å². The van der Waals surface area contributed by atoms with E-state index in [1.165, 1.54) is 20.1 Å². The maximum absolute atomic E-state index is 12.1. The van der Waals surface area contributed by atoms with Crippen molar-refractivity contribution >= 4 is 27.3 Å². The second-order valence-electron chi connectivity index (χ2n) is 5.31. The molecule has 2 aromatic carbocycles. The predicted molar refractivity (Wildman–Crippen MR) is 84.3 cm³/mol. The highest BCUT2D eigenvalue weighted by Gasteiger charge is 2.17. The van der Waals surface area contributed by atoms with Gasteiger partial charge in [0, 0.05) is 6.07 Å². The fourth-order valence-electron chi connectivity index (χ4n) is 2.65. The maximum Gasteiger partial charge on any atom is 0.293 e. The largest absolute Gasteiger partial charge is 0.506 e. The van der Waals surface area contributed by atoms with Crippen molar-refractivity contribution in [3.8, 4) is 17.4 Å². The fourth-order valence-corrected chi connectivity index (χ4v) is 2.65. The van der Waals surface area contributed by atoms with E-state index in [2.05, 4.69) is 0 Å². The van der Waals surface area contributed by atoms with Gasteiger partial charge in [0.1, 0.15) is 28.4 Å². The van der Waals surface area contributed by atoms with Gasteiger partial charge in [-0.2, -0.15) is 0 Å². The van der Waals surface area contributed by atoms with Crippen LogP contribution in [-0.4, -0.2) is 23.1 Å². The summed E-state index contributed by atoms with van der Waals surface area (Å²) in [6, 6.07) is 6.06. The van der Waals surface area contributed by atoms with E-state index in [0.29, 0.717) is 16.5 Å². The van der Waals surface area contributed by atoms with Crippen LogP contribution in [0.1, 0.15) is 12.7 Å². The fraction of sp³-hybridized carbons (Fsp3) is 0.176. The molecule has 1 heterocycles. The zero-order valence-electron chi connectivity index (χ0n) is 12.5. The third-order valence-corrected chi connectivity index (χ3v) is 3.60. The summed E-state index contributed by atoms with van der Waals surface area (Å²) in [5.41, 5.74) is -0.425. The number of benzene rings is 2. The van der Waals surface area contributed by atoms with Crippen LogP contribution in [0.25, 0.3) is 21.5 Å². The lowest BCUT2D eigenvalue weighted by atomic mass is 10.0. The molecule has 0 unspecified atom stereocenters. The molecule has 0 amide bonds. The van der Waals surface area contributed by atoms with Crippen molar-refractivity contribution in [3.05, 3.63) is 40.2 Å². The number of ketones is 1. The Hall–Kier alpha value is -3.02. The number of hydrogen-bond acceptors (Lipinski definition) is 6. The van der Waals surface area contributed by atoms with Crippen molar-refractivity contribution in [2.24, 2.45) is 0 Å². The summed E-state index contributed by atoms with van der Waals surface area (Å²) in [6.45, 7) is 1.41. The Kier molecular flexibility index (Phi) is 3.44. The number of carbonyl (C=O) groups is 1. The normalized spacial score (nSPS) is 11.0. The zero-order chi connectivity index (χ0) is 16.7. The van der Waals surface area contributed by atoms with Crippen molar-refractivity contribution < 1.29 is 24.2 Å². The van der Waals surface area contributed by atoms with E-state index in [0.717, 1.165) is 0 Å². The van der Waals surface area contributed by atoms with Crippen molar-refractivity contribution in [2.75, 3.05) is 7.11 Å². The minimum Gasteiger partial charge on any atom is -0.506 e. The molecule has 0 atom stereocenters. The standard InChI is InChI=1S/C17H14O6/c1-8(18)3-12-6-10-4-9-5-11(22-2)7-13(19)14(9)16(20)15(10)17(21)23-12/h4-7,20-21H,3H2,1-2H3. The summed E-state index contributed by atoms with van der Waals surface area (Å²) in [6.07, 6.45) is 0.0210. The minimum atomic E-state index is -0.534. The lowest BCUT2D eigenvalue weighted by molar-refractivity contribution is -0.116. The molecule has 1 aromatic heterocycles. The van der Waals surface area contributed by atoms with Crippen LogP contribution in [0, 0.1) is 0 Å². The topological polar surface area (TPSA) is 97.0 Å². The maximum atomic E-state index is 12.1. The van der Waals surface area contributed by atoms with Gasteiger partial charge in [-0.15, -0.1) is 0 Å². The number of fused-ring (bicyclic) bond motifs is 2. The van der Waals surface area contributed by atoms with Gasteiger partial charge >= 0.3 is 0 Å². The van der Waals surface area contributed by atoms with Crippen LogP contribution in [0.3, 0.4) is 0 Å². The molecule has 0 radical (unpaired) electrons. The molecule has 0 aliphatic carbocycles. The van der Waals surface area contributed by atoms with E-state index >= 15 is 0 Å². The first kappa shape index (κ1) is 14.9. The molecule has 3 aromatic rings. The molecule has 0 spiro atoms. The van der Waals surface area contributed by atoms with Crippen molar-refractivity contribution in [1.29, 1.82) is 0 Å². The Morgan fingerprint density at radius 3 is 2.48 bits per heavy atom. The Bertz CT molecular complexity index is 1000. The van der Waals surface area contributed by atoms with Crippen molar-refractivity contribution in [2.45, 2.75) is 13.3 Å². The van der Waals surface area contributed by atoms with E-state index < -0.39 is 11.4 Å². The van der Waals surface area contributed by atoms with Crippen LogP contribution in [0.5, 0.6) is 17.4 Å². The average Bonchev–Trinajstić information content (AvgIpc) is 2.45. The number of hydrogen-bond donors (Lipinski definition) is 2. The number of methoxy groups -OCH3 is 1. The van der Waals surface area contributed by atoms with Crippen molar-refractivity contribution in [3.63, 3.8) is 0 Å². The number of rotatable bonds is 3. The third-order valence-electron chi connectivity index (χ3n) is 3.60. The number of aromatic hydroxyl groups is 2. The van der Waals surface area contributed by atoms with Gasteiger partial charge in [-0.05, 0) is 35.9 Å². The molecule has 0 saturated carbocycles. The van der Waals surface area contributed by atoms with E-state index in [-0.39, 0.29) is 34.5 Å². The molecule has 6 heteroatoms. The van der Waals surface area contributed by atoms with Crippen LogP contribution in [0.4, 0.5) is 0 Å². The number of carbonyl (C=O) groups excluding carboxylic acids is 1. The molecule has 2 N–H and O–H groups in total. The summed E-state index contributed by atoms with van der Waals surface area (Å²) >= 11 is 0. The summed E-state index contributed by atoms with van der Waals surface area (Å²) in [5.74, 6) is -0.378. The number of phenolic OH excluding ortho intramolecular Hbond substituents is 1. The zero-order valence-corrected chi connectivity index (χ0v) is 12.5. The molecule has 0 aliphatic rings. The van der Waals surface area contributed by atoms with Crippen LogP contribution < -0.4 is 10.2 Å². The second kappa shape index (κ2) is 5.31. The molecule has 0 bridgehead atoms. The highest BCUT2D eigenvalue weighted by Crippen LogP contribution is 2.39. The van der Waals surface area contributed by atoms with Crippen LogP contribution in [0.15, 0.2) is 33.5 Å². The van der Waals surface area contributed by atoms with E-state index in [1.54, 1.807) is 18.2 Å². The third kappa shape index (κ3) is 2.48. The average molecular weight is 314 g/mol. The van der Waals surface area contributed by atoms with E-state index in [9.17, 15) is 19.8 Å². The molecule has 0 saturated heterocycles. The molecule has 118 valence electrons. The minimum absolute atomic E-state index is 0.0210. The lowest BCUT2D eigenvalue weighted by Crippen LogP contribution is -2.02. The first-order valence-electron chi connectivity index (χ1n) is 6.89. The Morgan fingerprint density at radius 1 is 1.13 bits per heavy atom. The van der Waals surface area contributed by atoms with Crippen LogP contribution in [0.2, 0.25) is 0 Å². The highest BCUT2D eigenvalue weighted by atomic mass is 16.5. The number of Topliss-reactive ketones (excluding diaryl/α,β-unsaturated/α-hetero) is 1. The molecule has 0 fully saturated rings. The highest BCUT2D eigenvalue weighted by molar-refractivity contribution is 6.07. The van der Waals surface area contributed by atoms with Gasteiger partial charge in [-0.1, -0.05) is 0 Å². The monoisotopic (exact) mass is 314 g/mol. The van der Waals surface area contributed by atoms with Gasteiger partial charge in [0.15, 0.2) is 5.43 Å². The second-order valence-corrected chi connectivity index (χ2v) is 5.31. The Labute approximate surface area is 130 Å². The Morgan fingerprint density at radius 2 is 1.83 bits per heavy atom. The number of ether oxygens (including phenoxy) is 1. The van der Waals surface area contributed by atoms with Crippen molar-refractivity contribution in [1.82, 2.24) is 0 Å².